The van der Waals surface area contributed by atoms with Crippen LogP contribution in [-0.4, -0.2) is 26.9 Å². The average molecular weight is 182 g/mol. The van der Waals surface area contributed by atoms with Crippen LogP contribution in [0.25, 0.3) is 0 Å². The number of aromatic nitrogens is 2. The number of hydrogen-bond acceptors (Lipinski definition) is 3. The van der Waals surface area contributed by atoms with E-state index >= 15 is 0 Å². The monoisotopic (exact) mass is 182 g/mol. The normalized spacial score (nSPS) is 10.5. The van der Waals surface area contributed by atoms with Crippen molar-refractivity contribution in [2.45, 2.75) is 26.7 Å². The van der Waals surface area contributed by atoms with Gasteiger partial charge in [-0.25, -0.2) is 0 Å². The maximum Gasteiger partial charge on any atom is 0.492 e. The lowest BCUT2D eigenvalue weighted by molar-refractivity contribution is 0.425. The molecule has 5 heteroatoms. The predicted molar refractivity (Wildman–Crippen MR) is 51.8 cm³/mol. The first-order valence-corrected chi connectivity index (χ1v) is 4.52. The molecule has 0 aromatic carbocycles. The Morgan fingerprint density at radius 2 is 1.92 bits per heavy atom. The largest absolute Gasteiger partial charge is 0.492 e. The molecule has 0 atom stereocenters. The molecule has 2 N–H and O–H groups in total. The fourth-order valence-corrected chi connectivity index (χ4v) is 1.61. The molecule has 0 aliphatic heterocycles. The van der Waals surface area contributed by atoms with Crippen molar-refractivity contribution in [1.29, 1.82) is 0 Å². The zero-order valence-electron chi connectivity index (χ0n) is 8.28. The molecule has 1 heterocycles. The van der Waals surface area contributed by atoms with Gasteiger partial charge in [0.05, 0.1) is 5.69 Å². The fourth-order valence-electron chi connectivity index (χ4n) is 1.61. The smallest absolute Gasteiger partial charge is 0.423 e. The lowest BCUT2D eigenvalue weighted by Gasteiger charge is -2.02. The van der Waals surface area contributed by atoms with Crippen LogP contribution in [0.2, 0.25) is 0 Å². The summed E-state index contributed by atoms with van der Waals surface area (Å²) in [6.07, 6.45) is 1.48. The van der Waals surface area contributed by atoms with Gasteiger partial charge in [0.25, 0.3) is 0 Å². The van der Waals surface area contributed by atoms with Gasteiger partial charge in [0, 0.05) is 18.2 Å². The molecule has 0 saturated carbocycles. The highest BCUT2D eigenvalue weighted by molar-refractivity contribution is 6.59. The van der Waals surface area contributed by atoms with Crippen molar-refractivity contribution in [2.75, 3.05) is 0 Å². The molecule has 0 unspecified atom stereocenters. The van der Waals surface area contributed by atoms with Gasteiger partial charge in [0.15, 0.2) is 0 Å². The van der Waals surface area contributed by atoms with Crippen LogP contribution in [-0.2, 0) is 19.9 Å². The van der Waals surface area contributed by atoms with E-state index in [1.54, 1.807) is 4.68 Å². The van der Waals surface area contributed by atoms with Crippen LogP contribution in [0.1, 0.15) is 25.2 Å². The third-order valence-corrected chi connectivity index (χ3v) is 2.21. The topological polar surface area (TPSA) is 58.3 Å². The molecule has 13 heavy (non-hydrogen) atoms. The van der Waals surface area contributed by atoms with Gasteiger partial charge in [-0.15, -0.1) is 0 Å². The lowest BCUT2D eigenvalue weighted by Crippen LogP contribution is -2.34. The van der Waals surface area contributed by atoms with Gasteiger partial charge in [-0.3, -0.25) is 4.68 Å². The molecule has 1 aromatic heterocycles. The van der Waals surface area contributed by atoms with Crippen molar-refractivity contribution >= 4 is 12.6 Å². The zero-order valence-corrected chi connectivity index (χ0v) is 8.28. The summed E-state index contributed by atoms with van der Waals surface area (Å²) in [6, 6.07) is 0. The first-order valence-electron chi connectivity index (χ1n) is 4.52. The summed E-state index contributed by atoms with van der Waals surface area (Å²) in [5.41, 5.74) is 2.24. The van der Waals surface area contributed by atoms with Gasteiger partial charge in [-0.1, -0.05) is 13.8 Å². The second kappa shape index (κ2) is 3.94. The highest BCUT2D eigenvalue weighted by atomic mass is 16.4. The second-order valence-corrected chi connectivity index (χ2v) is 3.01. The first-order chi connectivity index (χ1) is 6.11. The molecule has 4 nitrogen and oxygen atoms in total. The number of nitrogens with zero attached hydrogens (tertiary/aromatic N) is 2. The Balaban J connectivity index is 3.24. The molecule has 1 rings (SSSR count). The Hall–Kier alpha value is -0.805. The Bertz CT molecular complexity index is 297. The second-order valence-electron chi connectivity index (χ2n) is 3.01. The molecule has 0 saturated heterocycles. The van der Waals surface area contributed by atoms with E-state index in [9.17, 15) is 0 Å². The SMILES string of the molecule is CCc1nn(C)c(CC)c1B(O)O. The van der Waals surface area contributed by atoms with Crippen molar-refractivity contribution in [3.8, 4) is 0 Å². The van der Waals surface area contributed by atoms with Crippen LogP contribution >= 0.6 is 0 Å². The van der Waals surface area contributed by atoms with E-state index in [1.807, 2.05) is 20.9 Å². The third-order valence-electron chi connectivity index (χ3n) is 2.21. The molecule has 1 aromatic rings. The van der Waals surface area contributed by atoms with Crippen LogP contribution in [0, 0.1) is 0 Å². The van der Waals surface area contributed by atoms with Gasteiger partial charge < -0.3 is 10.0 Å². The Kier molecular flexibility index (Phi) is 3.11. The molecule has 0 aliphatic rings. The first kappa shape index (κ1) is 10.3. The highest BCUT2D eigenvalue weighted by Crippen LogP contribution is 2.02. The summed E-state index contributed by atoms with van der Waals surface area (Å²) in [7, 11) is 0.419. The minimum atomic E-state index is -1.40. The maximum atomic E-state index is 9.16. The molecule has 0 radical (unpaired) electrons. The van der Waals surface area contributed by atoms with E-state index in [-0.39, 0.29) is 0 Å². The van der Waals surface area contributed by atoms with E-state index in [0.29, 0.717) is 5.46 Å². The number of rotatable bonds is 3. The molecular weight excluding hydrogens is 167 g/mol. The van der Waals surface area contributed by atoms with Crippen LogP contribution in [0.5, 0.6) is 0 Å². The van der Waals surface area contributed by atoms with Crippen molar-refractivity contribution < 1.29 is 10.0 Å². The van der Waals surface area contributed by atoms with Crippen LogP contribution in [0.15, 0.2) is 0 Å². The van der Waals surface area contributed by atoms with E-state index < -0.39 is 7.12 Å². The van der Waals surface area contributed by atoms with Crippen LogP contribution in [0.4, 0.5) is 0 Å². The Morgan fingerprint density at radius 1 is 1.31 bits per heavy atom. The van der Waals surface area contributed by atoms with Gasteiger partial charge in [0.2, 0.25) is 0 Å². The van der Waals surface area contributed by atoms with E-state index in [2.05, 4.69) is 5.10 Å². The zero-order chi connectivity index (χ0) is 10.0. The molecule has 0 fully saturated rings. The number of aryl methyl sites for hydroxylation is 2. The van der Waals surface area contributed by atoms with Crippen LogP contribution < -0.4 is 5.46 Å². The molecular formula is C8H15BN2O2. The summed E-state index contributed by atoms with van der Waals surface area (Å²) in [6.45, 7) is 3.93. The summed E-state index contributed by atoms with van der Waals surface area (Å²) >= 11 is 0. The van der Waals surface area contributed by atoms with Crippen molar-refractivity contribution in [2.24, 2.45) is 7.05 Å². The molecule has 72 valence electrons. The average Bonchev–Trinajstić information content (AvgIpc) is 2.41. The Labute approximate surface area is 78.3 Å². The van der Waals surface area contributed by atoms with E-state index in [1.165, 1.54) is 0 Å². The quantitative estimate of drug-likeness (QED) is 0.603. The summed E-state index contributed by atoms with van der Waals surface area (Å²) in [5, 5.41) is 22.5. The third kappa shape index (κ3) is 1.76. The van der Waals surface area contributed by atoms with Gasteiger partial charge >= 0.3 is 7.12 Å². The highest BCUT2D eigenvalue weighted by Gasteiger charge is 2.23. The summed E-state index contributed by atoms with van der Waals surface area (Å²) < 4.78 is 1.72. The van der Waals surface area contributed by atoms with Crippen molar-refractivity contribution in [3.05, 3.63) is 11.4 Å². The van der Waals surface area contributed by atoms with Gasteiger partial charge in [-0.05, 0) is 12.8 Å². The Morgan fingerprint density at radius 3 is 2.31 bits per heavy atom. The van der Waals surface area contributed by atoms with Gasteiger partial charge in [0.1, 0.15) is 0 Å². The van der Waals surface area contributed by atoms with Crippen LogP contribution in [0.3, 0.4) is 0 Å². The molecule has 0 amide bonds. The standard InChI is InChI=1S/C8H15BN2O2/c1-4-6-8(9(12)13)7(5-2)11(3)10-6/h12-13H,4-5H2,1-3H3. The fraction of sp³-hybridized carbons (Fsp3) is 0.625. The maximum absolute atomic E-state index is 9.16. The minimum Gasteiger partial charge on any atom is -0.423 e. The number of hydrogen-bond donors (Lipinski definition) is 2. The lowest BCUT2D eigenvalue weighted by atomic mass is 9.77. The summed E-state index contributed by atoms with van der Waals surface area (Å²) in [4.78, 5) is 0. The van der Waals surface area contributed by atoms with Gasteiger partial charge in [-0.2, -0.15) is 5.10 Å². The van der Waals surface area contributed by atoms with Crippen molar-refractivity contribution in [1.82, 2.24) is 9.78 Å². The minimum absolute atomic E-state index is 0.576. The van der Waals surface area contributed by atoms with Crippen molar-refractivity contribution in [3.63, 3.8) is 0 Å². The predicted octanol–water partition coefficient (Wildman–Crippen LogP) is -0.775. The molecule has 0 aliphatic carbocycles. The molecule has 0 spiro atoms. The summed E-state index contributed by atoms with van der Waals surface area (Å²) in [5.74, 6) is 0. The molecule has 0 bridgehead atoms. The van der Waals surface area contributed by atoms with E-state index in [4.69, 9.17) is 10.0 Å². The van der Waals surface area contributed by atoms with E-state index in [0.717, 1.165) is 24.2 Å².